The lowest BCUT2D eigenvalue weighted by atomic mass is 9.97. The molecule has 0 radical (unpaired) electrons. The third-order valence-corrected chi connectivity index (χ3v) is 5.38. The predicted molar refractivity (Wildman–Crippen MR) is 112 cm³/mol. The van der Waals surface area contributed by atoms with Gasteiger partial charge < -0.3 is 15.0 Å². The highest BCUT2D eigenvalue weighted by Crippen LogP contribution is 2.29. The van der Waals surface area contributed by atoms with E-state index >= 15 is 0 Å². The van der Waals surface area contributed by atoms with Gasteiger partial charge in [-0.05, 0) is 49.2 Å². The summed E-state index contributed by atoms with van der Waals surface area (Å²) in [4.78, 5) is 26.1. The Balaban J connectivity index is 1.30. The van der Waals surface area contributed by atoms with Crippen molar-refractivity contribution in [2.75, 3.05) is 29.9 Å². The SMILES string of the molecule is O=C(COC(=O)C1CCN(c2ccc3nnc(C(F)(F)F)n3n2)CC1)Nc1ccc(Cl)cc1. The minimum absolute atomic E-state index is 0.0126. The number of anilines is 2. The molecule has 1 saturated heterocycles. The van der Waals surface area contributed by atoms with Gasteiger partial charge in [0.15, 0.2) is 12.3 Å². The number of carbonyl (C=O) groups is 2. The van der Waals surface area contributed by atoms with Crippen LogP contribution in [-0.4, -0.2) is 51.4 Å². The molecule has 1 aliphatic rings. The zero-order valence-electron chi connectivity index (χ0n) is 17.0. The van der Waals surface area contributed by atoms with Crippen molar-refractivity contribution in [3.05, 3.63) is 47.2 Å². The summed E-state index contributed by atoms with van der Waals surface area (Å²) in [5.74, 6) is -2.27. The number of esters is 1. The van der Waals surface area contributed by atoms with E-state index in [2.05, 4.69) is 20.6 Å². The first-order chi connectivity index (χ1) is 15.7. The van der Waals surface area contributed by atoms with Crippen LogP contribution in [0.15, 0.2) is 36.4 Å². The Labute approximate surface area is 190 Å². The molecule has 0 bridgehead atoms. The van der Waals surface area contributed by atoms with Crippen LogP contribution in [0.4, 0.5) is 24.7 Å². The molecule has 2 aromatic heterocycles. The van der Waals surface area contributed by atoms with Crippen LogP contribution in [-0.2, 0) is 20.5 Å². The summed E-state index contributed by atoms with van der Waals surface area (Å²) < 4.78 is 45.0. The first kappa shape index (κ1) is 22.8. The zero-order valence-corrected chi connectivity index (χ0v) is 17.8. The molecule has 3 aromatic rings. The van der Waals surface area contributed by atoms with Crippen LogP contribution >= 0.6 is 11.6 Å². The molecular formula is C20H18ClF3N6O3. The van der Waals surface area contributed by atoms with Crippen LogP contribution in [0.3, 0.4) is 0 Å². The number of halogens is 4. The lowest BCUT2D eigenvalue weighted by Crippen LogP contribution is -2.38. The number of alkyl halides is 3. The van der Waals surface area contributed by atoms with E-state index in [1.807, 2.05) is 0 Å². The second kappa shape index (κ2) is 9.22. The lowest BCUT2D eigenvalue weighted by Gasteiger charge is -2.31. The van der Waals surface area contributed by atoms with Crippen molar-refractivity contribution < 1.29 is 27.5 Å². The van der Waals surface area contributed by atoms with Gasteiger partial charge in [-0.2, -0.15) is 17.7 Å². The van der Waals surface area contributed by atoms with Crippen LogP contribution in [0, 0.1) is 5.92 Å². The minimum Gasteiger partial charge on any atom is -0.455 e. The average Bonchev–Trinajstić information content (AvgIpc) is 3.23. The lowest BCUT2D eigenvalue weighted by molar-refractivity contribution is -0.152. The maximum absolute atomic E-state index is 13.1. The van der Waals surface area contributed by atoms with Crippen molar-refractivity contribution in [1.29, 1.82) is 0 Å². The zero-order chi connectivity index (χ0) is 23.6. The summed E-state index contributed by atoms with van der Waals surface area (Å²) in [6.45, 7) is 0.352. The topological polar surface area (TPSA) is 102 Å². The van der Waals surface area contributed by atoms with E-state index in [1.54, 1.807) is 35.2 Å². The summed E-state index contributed by atoms with van der Waals surface area (Å²) in [5.41, 5.74) is 0.515. The molecule has 33 heavy (non-hydrogen) atoms. The molecule has 1 aliphatic heterocycles. The van der Waals surface area contributed by atoms with E-state index in [4.69, 9.17) is 16.3 Å². The fourth-order valence-electron chi connectivity index (χ4n) is 3.45. The molecule has 3 heterocycles. The first-order valence-electron chi connectivity index (χ1n) is 9.97. The van der Waals surface area contributed by atoms with Crippen molar-refractivity contribution in [2.45, 2.75) is 19.0 Å². The number of aromatic nitrogens is 4. The Morgan fingerprint density at radius 3 is 2.45 bits per heavy atom. The standard InChI is InChI=1S/C20H18ClF3N6O3/c21-13-1-3-14(4-2-13)25-17(31)11-33-18(32)12-7-9-29(10-8-12)16-6-5-15-26-27-19(20(22,23)24)30(15)28-16/h1-6,12H,7-11H2,(H,25,31). The fraction of sp³-hybridized carbons (Fsp3) is 0.350. The third kappa shape index (κ3) is 5.33. The molecule has 13 heteroatoms. The number of amides is 1. The summed E-state index contributed by atoms with van der Waals surface area (Å²) in [6.07, 6.45) is -3.86. The number of fused-ring (bicyclic) bond motifs is 1. The smallest absolute Gasteiger partial charge is 0.453 e. The molecule has 0 atom stereocenters. The summed E-state index contributed by atoms with van der Waals surface area (Å²) in [6, 6.07) is 9.46. The minimum atomic E-state index is -4.68. The number of ether oxygens (including phenoxy) is 1. The van der Waals surface area contributed by atoms with Crippen LogP contribution in [0.2, 0.25) is 5.02 Å². The van der Waals surface area contributed by atoms with Crippen molar-refractivity contribution >= 4 is 40.6 Å². The van der Waals surface area contributed by atoms with Gasteiger partial charge in [0.25, 0.3) is 11.7 Å². The highest BCUT2D eigenvalue weighted by Gasteiger charge is 2.38. The average molecular weight is 483 g/mol. The Morgan fingerprint density at radius 2 is 1.79 bits per heavy atom. The van der Waals surface area contributed by atoms with E-state index in [0.717, 1.165) is 0 Å². The highest BCUT2D eigenvalue weighted by molar-refractivity contribution is 6.30. The van der Waals surface area contributed by atoms with Crippen molar-refractivity contribution in [3.63, 3.8) is 0 Å². The number of piperidine rings is 1. The van der Waals surface area contributed by atoms with Gasteiger partial charge in [-0.1, -0.05) is 11.6 Å². The van der Waals surface area contributed by atoms with Crippen molar-refractivity contribution in [3.8, 4) is 0 Å². The van der Waals surface area contributed by atoms with Gasteiger partial charge in [-0.25, -0.2) is 0 Å². The quantitative estimate of drug-likeness (QED) is 0.557. The molecule has 1 amide bonds. The number of carbonyl (C=O) groups excluding carboxylic acids is 2. The predicted octanol–water partition coefficient (Wildman–Crippen LogP) is 3.19. The fourth-order valence-corrected chi connectivity index (χ4v) is 3.58. The Kier molecular flexibility index (Phi) is 6.36. The number of rotatable bonds is 5. The van der Waals surface area contributed by atoms with Crippen molar-refractivity contribution in [2.24, 2.45) is 5.92 Å². The van der Waals surface area contributed by atoms with E-state index in [9.17, 15) is 22.8 Å². The van der Waals surface area contributed by atoms with Gasteiger partial charge in [0.1, 0.15) is 5.82 Å². The Hall–Kier alpha value is -3.41. The molecule has 0 saturated carbocycles. The molecule has 1 aromatic carbocycles. The second-order valence-corrected chi connectivity index (χ2v) is 7.84. The van der Waals surface area contributed by atoms with Gasteiger partial charge in [0.2, 0.25) is 0 Å². The van der Waals surface area contributed by atoms with E-state index in [-0.39, 0.29) is 5.65 Å². The Bertz CT molecular complexity index is 1160. The van der Waals surface area contributed by atoms with Crippen LogP contribution in [0.1, 0.15) is 18.7 Å². The number of benzene rings is 1. The van der Waals surface area contributed by atoms with Crippen molar-refractivity contribution in [1.82, 2.24) is 19.8 Å². The van der Waals surface area contributed by atoms with Crippen LogP contribution in [0.5, 0.6) is 0 Å². The van der Waals surface area contributed by atoms with Gasteiger partial charge in [0, 0.05) is 23.8 Å². The van der Waals surface area contributed by atoms with E-state index in [1.165, 1.54) is 6.07 Å². The summed E-state index contributed by atoms with van der Waals surface area (Å²) in [5, 5.41) is 13.8. The first-order valence-corrected chi connectivity index (χ1v) is 10.3. The number of hydrogen-bond acceptors (Lipinski definition) is 7. The molecule has 4 rings (SSSR count). The van der Waals surface area contributed by atoms with Gasteiger partial charge in [-0.3, -0.25) is 9.59 Å². The largest absolute Gasteiger partial charge is 0.455 e. The third-order valence-electron chi connectivity index (χ3n) is 5.13. The number of hydrogen-bond donors (Lipinski definition) is 1. The van der Waals surface area contributed by atoms with E-state index in [0.29, 0.717) is 47.0 Å². The molecule has 174 valence electrons. The number of nitrogens with zero attached hydrogens (tertiary/aromatic N) is 5. The van der Waals surface area contributed by atoms with Gasteiger partial charge >= 0.3 is 12.1 Å². The molecule has 9 nitrogen and oxygen atoms in total. The molecule has 0 unspecified atom stereocenters. The monoisotopic (exact) mass is 482 g/mol. The molecule has 1 N–H and O–H groups in total. The normalized spacial score (nSPS) is 15.0. The molecule has 1 fully saturated rings. The van der Waals surface area contributed by atoms with E-state index < -0.39 is 36.4 Å². The Morgan fingerprint density at radius 1 is 1.09 bits per heavy atom. The molecule has 0 spiro atoms. The molecular weight excluding hydrogens is 465 g/mol. The van der Waals surface area contributed by atoms with Gasteiger partial charge in [-0.15, -0.1) is 15.3 Å². The van der Waals surface area contributed by atoms with Crippen LogP contribution in [0.25, 0.3) is 5.65 Å². The highest BCUT2D eigenvalue weighted by atomic mass is 35.5. The second-order valence-electron chi connectivity index (χ2n) is 7.41. The summed E-state index contributed by atoms with van der Waals surface area (Å²) in [7, 11) is 0. The summed E-state index contributed by atoms with van der Waals surface area (Å²) >= 11 is 5.79. The van der Waals surface area contributed by atoms with Gasteiger partial charge in [0.05, 0.1) is 5.92 Å². The van der Waals surface area contributed by atoms with Crippen LogP contribution < -0.4 is 10.2 Å². The maximum Gasteiger partial charge on any atom is 0.453 e. The number of nitrogens with one attached hydrogen (secondary N) is 1. The maximum atomic E-state index is 13.1. The molecule has 0 aliphatic carbocycles.